The molecule has 90 valence electrons. The molecule has 0 fully saturated rings. The molecule has 0 saturated heterocycles. The van der Waals surface area contributed by atoms with Crippen LogP contribution in [0.25, 0.3) is 10.9 Å². The number of anilines is 1. The number of aromatic nitrogens is 1. The van der Waals surface area contributed by atoms with Crippen molar-refractivity contribution in [3.05, 3.63) is 28.3 Å². The number of nitrogen functional groups attached to an aromatic ring is 1. The topological polar surface area (TPSA) is 60.2 Å². The van der Waals surface area contributed by atoms with E-state index in [0.29, 0.717) is 16.6 Å². The van der Waals surface area contributed by atoms with E-state index in [1.807, 2.05) is 19.9 Å². The summed E-state index contributed by atoms with van der Waals surface area (Å²) in [7, 11) is 1.59. The van der Waals surface area contributed by atoms with Gasteiger partial charge in [0.25, 0.3) is 0 Å². The third-order valence-corrected chi connectivity index (χ3v) is 3.22. The molecule has 0 aliphatic heterocycles. The number of benzene rings is 1. The minimum absolute atomic E-state index is 0.637. The Kier molecular flexibility index (Phi) is 3.09. The fourth-order valence-corrected chi connectivity index (χ4v) is 2.01. The van der Waals surface area contributed by atoms with Crippen molar-refractivity contribution in [2.75, 3.05) is 12.5 Å². The Labute approximate surface area is 105 Å². The maximum atomic E-state index is 6.15. The summed E-state index contributed by atoms with van der Waals surface area (Å²) in [5.74, 6) is 6.70. The van der Waals surface area contributed by atoms with Crippen molar-refractivity contribution < 1.29 is 4.74 Å². The third-order valence-electron chi connectivity index (χ3n) is 2.82. The standard InChI is InChI=1S/C12H14ClN3O/c1-6-4-8-7(2)9(13)5-10(17-3)11(8)15-12(6)16-14/h4-5H,14H2,1-3H3,(H,15,16). The quantitative estimate of drug-likeness (QED) is 0.637. The number of nitrogens with two attached hydrogens (primary N) is 1. The summed E-state index contributed by atoms with van der Waals surface area (Å²) in [6.07, 6.45) is 0. The molecular weight excluding hydrogens is 238 g/mol. The zero-order valence-electron chi connectivity index (χ0n) is 9.97. The highest BCUT2D eigenvalue weighted by Crippen LogP contribution is 2.34. The number of rotatable bonds is 2. The van der Waals surface area contributed by atoms with Gasteiger partial charge >= 0.3 is 0 Å². The lowest BCUT2D eigenvalue weighted by Crippen LogP contribution is -2.10. The van der Waals surface area contributed by atoms with Gasteiger partial charge in [-0.25, -0.2) is 10.8 Å². The van der Waals surface area contributed by atoms with Crippen molar-refractivity contribution in [1.82, 2.24) is 4.98 Å². The maximum Gasteiger partial charge on any atom is 0.146 e. The third kappa shape index (κ3) is 1.90. The Morgan fingerprint density at radius 2 is 2.06 bits per heavy atom. The van der Waals surface area contributed by atoms with Gasteiger partial charge in [0.1, 0.15) is 17.1 Å². The second kappa shape index (κ2) is 4.39. The first kappa shape index (κ1) is 12.0. The molecule has 1 heterocycles. The highest BCUT2D eigenvalue weighted by molar-refractivity contribution is 6.32. The molecule has 1 aromatic carbocycles. The molecule has 0 aliphatic rings. The molecule has 4 nitrogen and oxygen atoms in total. The highest BCUT2D eigenvalue weighted by Gasteiger charge is 2.12. The molecule has 0 atom stereocenters. The molecule has 0 spiro atoms. The van der Waals surface area contributed by atoms with Crippen LogP contribution in [0.4, 0.5) is 5.82 Å². The van der Waals surface area contributed by atoms with Crippen LogP contribution in [-0.4, -0.2) is 12.1 Å². The van der Waals surface area contributed by atoms with Crippen LogP contribution in [-0.2, 0) is 0 Å². The van der Waals surface area contributed by atoms with Crippen LogP contribution in [0.5, 0.6) is 5.75 Å². The molecule has 0 aliphatic carbocycles. The van der Waals surface area contributed by atoms with Crippen molar-refractivity contribution in [3.63, 3.8) is 0 Å². The molecule has 0 unspecified atom stereocenters. The number of halogens is 1. The first-order valence-corrected chi connectivity index (χ1v) is 5.57. The average molecular weight is 252 g/mol. The number of hydrogen-bond donors (Lipinski definition) is 2. The van der Waals surface area contributed by atoms with E-state index in [4.69, 9.17) is 22.2 Å². The molecule has 1 aromatic heterocycles. The zero-order chi connectivity index (χ0) is 12.6. The zero-order valence-corrected chi connectivity index (χ0v) is 10.7. The van der Waals surface area contributed by atoms with Crippen molar-refractivity contribution >= 4 is 28.3 Å². The van der Waals surface area contributed by atoms with Crippen molar-refractivity contribution in [2.45, 2.75) is 13.8 Å². The van der Waals surface area contributed by atoms with E-state index < -0.39 is 0 Å². The lowest BCUT2D eigenvalue weighted by Gasteiger charge is -2.12. The van der Waals surface area contributed by atoms with Crippen LogP contribution in [0.3, 0.4) is 0 Å². The van der Waals surface area contributed by atoms with Crippen molar-refractivity contribution in [3.8, 4) is 5.75 Å². The average Bonchev–Trinajstić information content (AvgIpc) is 2.33. The molecule has 17 heavy (non-hydrogen) atoms. The first-order chi connectivity index (χ1) is 8.08. The van der Waals surface area contributed by atoms with Gasteiger partial charge in [0, 0.05) is 16.5 Å². The number of methoxy groups -OCH3 is 1. The fraction of sp³-hybridized carbons (Fsp3) is 0.250. The van der Waals surface area contributed by atoms with E-state index in [1.165, 1.54) is 0 Å². The van der Waals surface area contributed by atoms with Crippen LogP contribution in [0.1, 0.15) is 11.1 Å². The normalized spacial score (nSPS) is 10.6. The minimum Gasteiger partial charge on any atom is -0.494 e. The lowest BCUT2D eigenvalue weighted by atomic mass is 10.1. The van der Waals surface area contributed by atoms with E-state index in [0.717, 1.165) is 22.0 Å². The predicted octanol–water partition coefficient (Wildman–Crippen LogP) is 2.80. The Bertz CT molecular complexity index is 584. The summed E-state index contributed by atoms with van der Waals surface area (Å²) >= 11 is 6.15. The highest BCUT2D eigenvalue weighted by atomic mass is 35.5. The van der Waals surface area contributed by atoms with Crippen LogP contribution >= 0.6 is 11.6 Å². The number of ether oxygens (including phenoxy) is 1. The molecule has 5 heteroatoms. The van der Waals surface area contributed by atoms with E-state index in [9.17, 15) is 0 Å². The number of hydrogen-bond acceptors (Lipinski definition) is 4. The number of nitrogens with one attached hydrogen (secondary N) is 1. The molecular formula is C12H14ClN3O. The minimum atomic E-state index is 0.637. The van der Waals surface area contributed by atoms with Crippen LogP contribution in [0.15, 0.2) is 12.1 Å². The maximum absolute atomic E-state index is 6.15. The first-order valence-electron chi connectivity index (χ1n) is 5.19. The fourth-order valence-electron chi connectivity index (χ4n) is 1.81. The second-order valence-corrected chi connectivity index (χ2v) is 4.29. The largest absolute Gasteiger partial charge is 0.494 e. The monoisotopic (exact) mass is 251 g/mol. The van der Waals surface area contributed by atoms with Gasteiger partial charge in [-0.1, -0.05) is 11.6 Å². The molecule has 0 bridgehead atoms. The van der Waals surface area contributed by atoms with E-state index >= 15 is 0 Å². The van der Waals surface area contributed by atoms with Crippen LogP contribution in [0.2, 0.25) is 5.02 Å². The van der Waals surface area contributed by atoms with Crippen molar-refractivity contribution in [2.24, 2.45) is 5.84 Å². The SMILES string of the molecule is COc1cc(Cl)c(C)c2cc(C)c(NN)nc12. The smallest absolute Gasteiger partial charge is 0.146 e. The number of fused-ring (bicyclic) bond motifs is 1. The van der Waals surface area contributed by atoms with Crippen LogP contribution in [0, 0.1) is 13.8 Å². The molecule has 0 amide bonds. The number of pyridine rings is 1. The predicted molar refractivity (Wildman–Crippen MR) is 70.6 cm³/mol. The summed E-state index contributed by atoms with van der Waals surface area (Å²) in [6, 6.07) is 3.77. The molecule has 2 rings (SSSR count). The number of hydrazine groups is 1. The molecule has 2 aromatic rings. The summed E-state index contributed by atoms with van der Waals surface area (Å²) in [5, 5.41) is 1.65. The summed E-state index contributed by atoms with van der Waals surface area (Å²) < 4.78 is 5.29. The van der Waals surface area contributed by atoms with Gasteiger partial charge in [-0.15, -0.1) is 0 Å². The molecule has 3 N–H and O–H groups in total. The van der Waals surface area contributed by atoms with Gasteiger partial charge in [0.05, 0.1) is 7.11 Å². The number of aryl methyl sites for hydroxylation is 2. The van der Waals surface area contributed by atoms with E-state index in [1.54, 1.807) is 13.2 Å². The second-order valence-electron chi connectivity index (χ2n) is 3.88. The summed E-state index contributed by atoms with van der Waals surface area (Å²) in [4.78, 5) is 4.45. The lowest BCUT2D eigenvalue weighted by molar-refractivity contribution is 0.419. The summed E-state index contributed by atoms with van der Waals surface area (Å²) in [6.45, 7) is 3.90. The molecule has 0 radical (unpaired) electrons. The van der Waals surface area contributed by atoms with E-state index in [2.05, 4.69) is 10.4 Å². The van der Waals surface area contributed by atoms with Crippen LogP contribution < -0.4 is 16.0 Å². The van der Waals surface area contributed by atoms with Gasteiger partial charge in [0.15, 0.2) is 0 Å². The van der Waals surface area contributed by atoms with Gasteiger partial charge in [0.2, 0.25) is 0 Å². The Morgan fingerprint density at radius 3 is 2.65 bits per heavy atom. The van der Waals surface area contributed by atoms with Gasteiger partial charge in [-0.2, -0.15) is 0 Å². The molecule has 0 saturated carbocycles. The van der Waals surface area contributed by atoms with Gasteiger partial charge in [-0.05, 0) is 31.0 Å². The van der Waals surface area contributed by atoms with E-state index in [-0.39, 0.29) is 0 Å². The number of nitrogens with zero attached hydrogens (tertiary/aromatic N) is 1. The van der Waals surface area contributed by atoms with Gasteiger partial charge < -0.3 is 10.2 Å². The Hall–Kier alpha value is -1.52. The summed E-state index contributed by atoms with van der Waals surface area (Å²) in [5.41, 5.74) is 5.28. The van der Waals surface area contributed by atoms with Crippen molar-refractivity contribution in [1.29, 1.82) is 0 Å². The Morgan fingerprint density at radius 1 is 1.35 bits per heavy atom. The van der Waals surface area contributed by atoms with Gasteiger partial charge in [-0.3, -0.25) is 0 Å². The Balaban J connectivity index is 2.88.